The fraction of sp³-hybridized carbons (Fsp3) is 0.600. The monoisotopic (exact) mass is 374 g/mol. The Morgan fingerprint density at radius 2 is 2.11 bits per heavy atom. The minimum Gasteiger partial charge on any atom is -0.381 e. The Bertz CT molecular complexity index is 446. The number of hydrogen-bond donors (Lipinski definition) is 2. The zero-order valence-electron chi connectivity index (χ0n) is 11.0. The molecule has 4 heteroatoms. The summed E-state index contributed by atoms with van der Waals surface area (Å²) in [6.07, 6.45) is 6.47. The van der Waals surface area contributed by atoms with Crippen LogP contribution in [0.2, 0.25) is 0 Å². The maximum absolute atomic E-state index is 13.1. The summed E-state index contributed by atoms with van der Waals surface area (Å²) in [6.45, 7) is 1.17. The van der Waals surface area contributed by atoms with Crippen LogP contribution in [0, 0.1) is 15.3 Å². The summed E-state index contributed by atoms with van der Waals surface area (Å²) in [7, 11) is 0. The van der Waals surface area contributed by atoms with Crippen LogP contribution in [0.4, 0.5) is 10.1 Å². The molecule has 104 valence electrons. The first-order valence-corrected chi connectivity index (χ1v) is 8.27. The minimum atomic E-state index is -0.157. The molecule has 1 saturated heterocycles. The average Bonchev–Trinajstić information content (AvgIpc) is 3.03. The molecular formula is C15H20FIN2. The molecule has 2 fully saturated rings. The van der Waals surface area contributed by atoms with Crippen LogP contribution in [-0.2, 0) is 0 Å². The third kappa shape index (κ3) is 3.05. The highest BCUT2D eigenvalue weighted by molar-refractivity contribution is 14.1. The van der Waals surface area contributed by atoms with Gasteiger partial charge in [-0.25, -0.2) is 4.39 Å². The molecule has 0 bridgehead atoms. The number of rotatable bonds is 3. The van der Waals surface area contributed by atoms with Gasteiger partial charge < -0.3 is 10.6 Å². The summed E-state index contributed by atoms with van der Waals surface area (Å²) in [6, 6.07) is 6.23. The third-order valence-electron chi connectivity index (χ3n) is 4.46. The zero-order valence-corrected chi connectivity index (χ0v) is 13.1. The van der Waals surface area contributed by atoms with Gasteiger partial charge in [0, 0.05) is 21.3 Å². The highest BCUT2D eigenvalue weighted by Crippen LogP contribution is 2.34. The third-order valence-corrected chi connectivity index (χ3v) is 5.35. The largest absolute Gasteiger partial charge is 0.381 e. The van der Waals surface area contributed by atoms with E-state index in [2.05, 4.69) is 33.2 Å². The van der Waals surface area contributed by atoms with E-state index >= 15 is 0 Å². The van der Waals surface area contributed by atoms with Crippen LogP contribution in [0.15, 0.2) is 18.2 Å². The van der Waals surface area contributed by atoms with E-state index in [1.54, 1.807) is 12.1 Å². The van der Waals surface area contributed by atoms with E-state index in [0.29, 0.717) is 12.1 Å². The number of benzene rings is 1. The minimum absolute atomic E-state index is 0.157. The smallest absolute Gasteiger partial charge is 0.124 e. The molecule has 1 aliphatic carbocycles. The van der Waals surface area contributed by atoms with Gasteiger partial charge in [0.1, 0.15) is 5.82 Å². The molecule has 1 aromatic rings. The van der Waals surface area contributed by atoms with Gasteiger partial charge in [-0.3, -0.25) is 0 Å². The van der Waals surface area contributed by atoms with Crippen molar-refractivity contribution in [3.63, 3.8) is 0 Å². The SMILES string of the molecule is Fc1ccc(NC2CCCC2C2CCCN2)c(I)c1. The number of nitrogens with one attached hydrogen (secondary N) is 2. The zero-order chi connectivity index (χ0) is 13.2. The molecule has 0 radical (unpaired) electrons. The van der Waals surface area contributed by atoms with Crippen molar-refractivity contribution in [2.75, 3.05) is 11.9 Å². The summed E-state index contributed by atoms with van der Waals surface area (Å²) in [4.78, 5) is 0. The van der Waals surface area contributed by atoms with E-state index in [4.69, 9.17) is 0 Å². The Kier molecular flexibility index (Phi) is 4.27. The van der Waals surface area contributed by atoms with Crippen LogP contribution in [0.25, 0.3) is 0 Å². The Balaban J connectivity index is 1.70. The van der Waals surface area contributed by atoms with Gasteiger partial charge in [-0.2, -0.15) is 0 Å². The first-order valence-electron chi connectivity index (χ1n) is 7.19. The van der Waals surface area contributed by atoms with E-state index in [-0.39, 0.29) is 5.82 Å². The summed E-state index contributed by atoms with van der Waals surface area (Å²) >= 11 is 2.21. The highest BCUT2D eigenvalue weighted by atomic mass is 127. The van der Waals surface area contributed by atoms with E-state index in [1.165, 1.54) is 38.6 Å². The summed E-state index contributed by atoms with van der Waals surface area (Å²) in [5.74, 6) is 0.568. The number of anilines is 1. The van der Waals surface area contributed by atoms with E-state index in [1.807, 2.05) is 6.07 Å². The van der Waals surface area contributed by atoms with Crippen molar-refractivity contribution in [2.24, 2.45) is 5.92 Å². The van der Waals surface area contributed by atoms with Gasteiger partial charge >= 0.3 is 0 Å². The number of halogens is 2. The van der Waals surface area contributed by atoms with Crippen molar-refractivity contribution in [1.29, 1.82) is 0 Å². The molecule has 1 saturated carbocycles. The van der Waals surface area contributed by atoms with Crippen molar-refractivity contribution in [1.82, 2.24) is 5.32 Å². The normalized spacial score (nSPS) is 30.7. The first kappa shape index (κ1) is 13.6. The second kappa shape index (κ2) is 5.95. The fourth-order valence-corrected chi connectivity index (χ4v) is 4.17. The van der Waals surface area contributed by atoms with E-state index in [0.717, 1.165) is 15.2 Å². The Hall–Kier alpha value is -0.360. The molecule has 0 spiro atoms. The molecule has 3 atom stereocenters. The van der Waals surface area contributed by atoms with Crippen LogP contribution in [0.1, 0.15) is 32.1 Å². The van der Waals surface area contributed by atoms with Gasteiger partial charge in [0.15, 0.2) is 0 Å². The lowest BCUT2D eigenvalue weighted by Crippen LogP contribution is -2.38. The van der Waals surface area contributed by atoms with Gasteiger partial charge in [0.05, 0.1) is 0 Å². The molecule has 19 heavy (non-hydrogen) atoms. The van der Waals surface area contributed by atoms with E-state index in [9.17, 15) is 4.39 Å². The van der Waals surface area contributed by atoms with Gasteiger partial charge in [0.2, 0.25) is 0 Å². The molecule has 0 amide bonds. The lowest BCUT2D eigenvalue weighted by molar-refractivity contribution is 0.376. The molecule has 3 rings (SSSR count). The van der Waals surface area contributed by atoms with Crippen molar-refractivity contribution >= 4 is 28.3 Å². The molecule has 2 N–H and O–H groups in total. The first-order chi connectivity index (χ1) is 9.24. The predicted octanol–water partition coefficient (Wildman–Crippen LogP) is 3.76. The number of hydrogen-bond acceptors (Lipinski definition) is 2. The molecule has 3 unspecified atom stereocenters. The molecule has 1 aromatic carbocycles. The Morgan fingerprint density at radius 1 is 1.21 bits per heavy atom. The lowest BCUT2D eigenvalue weighted by atomic mass is 9.93. The second-order valence-corrected chi connectivity index (χ2v) is 6.83. The standard InChI is InChI=1S/C15H20FIN2/c16-10-6-7-15(12(17)9-10)19-14-4-1-3-11(14)13-5-2-8-18-13/h6-7,9,11,13-14,18-19H,1-5,8H2. The Labute approximate surface area is 127 Å². The topological polar surface area (TPSA) is 24.1 Å². The van der Waals surface area contributed by atoms with Crippen LogP contribution in [0.5, 0.6) is 0 Å². The van der Waals surface area contributed by atoms with Crippen molar-refractivity contribution < 1.29 is 4.39 Å². The molecule has 2 nitrogen and oxygen atoms in total. The van der Waals surface area contributed by atoms with Gasteiger partial charge in [-0.05, 0) is 78.9 Å². The molecule has 1 aliphatic heterocycles. The Morgan fingerprint density at radius 3 is 2.84 bits per heavy atom. The van der Waals surface area contributed by atoms with Crippen LogP contribution >= 0.6 is 22.6 Å². The maximum Gasteiger partial charge on any atom is 0.124 e. The van der Waals surface area contributed by atoms with Crippen LogP contribution in [-0.4, -0.2) is 18.6 Å². The van der Waals surface area contributed by atoms with Crippen LogP contribution in [0.3, 0.4) is 0 Å². The highest BCUT2D eigenvalue weighted by Gasteiger charge is 2.35. The van der Waals surface area contributed by atoms with Gasteiger partial charge in [-0.15, -0.1) is 0 Å². The fourth-order valence-electron chi connectivity index (χ4n) is 3.53. The van der Waals surface area contributed by atoms with E-state index < -0.39 is 0 Å². The summed E-state index contributed by atoms with van der Waals surface area (Å²) < 4.78 is 14.1. The van der Waals surface area contributed by atoms with Crippen molar-refractivity contribution in [3.05, 3.63) is 27.6 Å². The maximum atomic E-state index is 13.1. The molecule has 2 aliphatic rings. The van der Waals surface area contributed by atoms with Crippen molar-refractivity contribution in [2.45, 2.75) is 44.2 Å². The lowest BCUT2D eigenvalue weighted by Gasteiger charge is -2.27. The second-order valence-electron chi connectivity index (χ2n) is 5.67. The van der Waals surface area contributed by atoms with Crippen molar-refractivity contribution in [3.8, 4) is 0 Å². The van der Waals surface area contributed by atoms with Gasteiger partial charge in [-0.1, -0.05) is 6.42 Å². The molecule has 1 heterocycles. The van der Waals surface area contributed by atoms with Gasteiger partial charge in [0.25, 0.3) is 0 Å². The summed E-state index contributed by atoms with van der Waals surface area (Å²) in [5.41, 5.74) is 1.08. The molecular weight excluding hydrogens is 354 g/mol. The molecule has 0 aromatic heterocycles. The average molecular weight is 374 g/mol. The predicted molar refractivity (Wildman–Crippen MR) is 84.9 cm³/mol. The summed E-state index contributed by atoms with van der Waals surface area (Å²) in [5, 5.41) is 7.29. The quantitative estimate of drug-likeness (QED) is 0.788. The van der Waals surface area contributed by atoms with Crippen LogP contribution < -0.4 is 10.6 Å².